The summed E-state index contributed by atoms with van der Waals surface area (Å²) in [5.74, 6) is -0.0204. The lowest BCUT2D eigenvalue weighted by molar-refractivity contribution is 0.0951. The number of fused-ring (bicyclic) bond motifs is 1. The Morgan fingerprint density at radius 1 is 0.902 bits per heavy atom. The van der Waals surface area contributed by atoms with Crippen molar-refractivity contribution in [1.82, 2.24) is 20.5 Å². The van der Waals surface area contributed by atoms with Crippen LogP contribution in [0.4, 0.5) is 17.2 Å². The smallest absolute Gasteiger partial charge is 0.279 e. The van der Waals surface area contributed by atoms with E-state index < -0.39 is 0 Å². The molecular weight excluding hydrogens is 534 g/mol. The Bertz CT molecular complexity index is 1630. The van der Waals surface area contributed by atoms with Gasteiger partial charge in [0.15, 0.2) is 0 Å². The molecule has 6 rings (SSSR count). The van der Waals surface area contributed by atoms with Gasteiger partial charge in [0.2, 0.25) is 0 Å². The van der Waals surface area contributed by atoms with Crippen LogP contribution in [0.5, 0.6) is 0 Å². The highest BCUT2D eigenvalue weighted by Crippen LogP contribution is 2.30. The largest absolute Gasteiger partial charge is 0.369 e. The first-order chi connectivity index (χ1) is 20.0. The molecule has 0 saturated carbocycles. The van der Waals surface area contributed by atoms with E-state index in [0.29, 0.717) is 33.0 Å². The van der Waals surface area contributed by atoms with E-state index in [1.54, 1.807) is 6.07 Å². The maximum absolute atomic E-state index is 13.3. The van der Waals surface area contributed by atoms with Crippen molar-refractivity contribution in [2.75, 3.05) is 48.5 Å². The maximum Gasteiger partial charge on any atom is 0.279 e. The molecule has 9 nitrogen and oxygen atoms in total. The van der Waals surface area contributed by atoms with Gasteiger partial charge in [0.25, 0.3) is 11.8 Å². The summed E-state index contributed by atoms with van der Waals surface area (Å²) in [5.41, 5.74) is 6.65. The van der Waals surface area contributed by atoms with Crippen LogP contribution in [-0.2, 0) is 6.54 Å². The molecule has 3 N–H and O–H groups in total. The van der Waals surface area contributed by atoms with E-state index in [1.807, 2.05) is 89.9 Å². The number of carbonyl (C=O) groups excluding carboxylic acids is 2. The number of hydrazine groups is 1. The van der Waals surface area contributed by atoms with Crippen molar-refractivity contribution in [3.63, 3.8) is 0 Å². The summed E-state index contributed by atoms with van der Waals surface area (Å²) >= 11 is 1.27. The topological polar surface area (TPSA) is 96.6 Å². The lowest BCUT2D eigenvalue weighted by Crippen LogP contribution is -2.44. The van der Waals surface area contributed by atoms with Gasteiger partial charge in [-0.05, 0) is 55.1 Å². The van der Waals surface area contributed by atoms with E-state index in [9.17, 15) is 9.59 Å². The zero-order chi connectivity index (χ0) is 28.2. The average Bonchev–Trinajstić information content (AvgIpc) is 3.60. The number of anilines is 3. The van der Waals surface area contributed by atoms with Crippen LogP contribution in [0.1, 0.15) is 25.6 Å². The van der Waals surface area contributed by atoms with Gasteiger partial charge >= 0.3 is 0 Å². The molecule has 3 aromatic carbocycles. The van der Waals surface area contributed by atoms with Crippen molar-refractivity contribution >= 4 is 50.6 Å². The Morgan fingerprint density at radius 2 is 1.59 bits per heavy atom. The monoisotopic (exact) mass is 565 g/mol. The minimum Gasteiger partial charge on any atom is -0.369 e. The fraction of sp³-hybridized carbons (Fsp3) is 0.194. The maximum atomic E-state index is 13.3. The third-order valence-electron chi connectivity index (χ3n) is 7.20. The van der Waals surface area contributed by atoms with Gasteiger partial charge in [-0.1, -0.05) is 48.5 Å². The van der Waals surface area contributed by atoms with E-state index in [1.165, 1.54) is 11.3 Å². The number of para-hydroxylation sites is 1. The van der Waals surface area contributed by atoms with E-state index in [0.717, 1.165) is 43.1 Å². The van der Waals surface area contributed by atoms with Crippen LogP contribution in [0, 0.1) is 0 Å². The van der Waals surface area contributed by atoms with Crippen LogP contribution >= 0.6 is 11.3 Å². The van der Waals surface area contributed by atoms with Crippen molar-refractivity contribution in [2.45, 2.75) is 6.54 Å². The zero-order valence-electron chi connectivity index (χ0n) is 22.7. The summed E-state index contributed by atoms with van der Waals surface area (Å²) in [4.78, 5) is 32.2. The number of rotatable bonds is 8. The Balaban J connectivity index is 1.15. The summed E-state index contributed by atoms with van der Waals surface area (Å²) in [6, 6.07) is 29.1. The minimum absolute atomic E-state index is 0.240. The highest BCUT2D eigenvalue weighted by molar-refractivity contribution is 7.20. The second-order valence-corrected chi connectivity index (χ2v) is 11.1. The number of likely N-dealkylation sites (N-methyl/N-ethyl adjacent to an activating group) is 1. The van der Waals surface area contributed by atoms with Crippen LogP contribution in [0.3, 0.4) is 0 Å². The van der Waals surface area contributed by atoms with E-state index in [2.05, 4.69) is 37.8 Å². The molecule has 0 spiro atoms. The number of carbonyl (C=O) groups is 2. The lowest BCUT2D eigenvalue weighted by Gasteiger charge is -2.34. The summed E-state index contributed by atoms with van der Waals surface area (Å²) < 4.78 is 0. The second-order valence-electron chi connectivity index (χ2n) is 10.1. The van der Waals surface area contributed by atoms with E-state index in [4.69, 9.17) is 0 Å². The summed E-state index contributed by atoms with van der Waals surface area (Å²) in [7, 11) is 2.13. The van der Waals surface area contributed by atoms with Gasteiger partial charge in [-0.15, -0.1) is 11.3 Å². The molecule has 5 aromatic rings. The molecule has 1 aliphatic rings. The highest BCUT2D eigenvalue weighted by Gasteiger charge is 2.20. The average molecular weight is 566 g/mol. The zero-order valence-corrected chi connectivity index (χ0v) is 23.5. The minimum atomic E-state index is -0.246. The summed E-state index contributed by atoms with van der Waals surface area (Å²) in [5, 5.41) is 12.7. The Labute approximate surface area is 242 Å². The van der Waals surface area contributed by atoms with Gasteiger partial charge in [-0.3, -0.25) is 25.1 Å². The van der Waals surface area contributed by atoms with Crippen LogP contribution in [0.15, 0.2) is 91.0 Å². The molecule has 41 heavy (non-hydrogen) atoms. The lowest BCUT2D eigenvalue weighted by atomic mass is 10.1. The van der Waals surface area contributed by atoms with Crippen molar-refractivity contribution in [3.8, 4) is 0 Å². The molecule has 0 aliphatic carbocycles. The fourth-order valence-corrected chi connectivity index (χ4v) is 5.72. The first kappa shape index (κ1) is 26.5. The molecule has 3 heterocycles. The predicted molar refractivity (Wildman–Crippen MR) is 165 cm³/mol. The van der Waals surface area contributed by atoms with Crippen molar-refractivity contribution in [3.05, 3.63) is 107 Å². The van der Waals surface area contributed by atoms with E-state index in [-0.39, 0.29) is 11.8 Å². The van der Waals surface area contributed by atoms with Gasteiger partial charge in [-0.25, -0.2) is 0 Å². The third kappa shape index (κ3) is 6.08. The molecule has 2 aromatic heterocycles. The molecule has 10 heteroatoms. The number of H-pyrrole nitrogens is 1. The molecule has 1 aliphatic heterocycles. The molecule has 0 atom stereocenters. The molecule has 2 amide bonds. The third-order valence-corrected chi connectivity index (χ3v) is 8.23. The van der Waals surface area contributed by atoms with Crippen molar-refractivity contribution < 1.29 is 9.59 Å². The number of piperazine rings is 1. The molecule has 1 fully saturated rings. The Kier molecular flexibility index (Phi) is 7.66. The fourth-order valence-electron chi connectivity index (χ4n) is 4.84. The van der Waals surface area contributed by atoms with Gasteiger partial charge in [0.1, 0.15) is 10.6 Å². The number of hydrogen-bond acceptors (Lipinski definition) is 7. The number of thiophene rings is 1. The Morgan fingerprint density at radius 3 is 2.29 bits per heavy atom. The van der Waals surface area contributed by atoms with Crippen molar-refractivity contribution in [2.24, 2.45) is 0 Å². The number of hydrogen-bond donors (Lipinski definition) is 3. The second kappa shape index (κ2) is 11.8. The normalized spacial score (nSPS) is 13.7. The number of nitrogens with one attached hydrogen (secondary N) is 3. The number of benzene rings is 3. The number of nitrogens with zero attached hydrogens (tertiary/aromatic N) is 4. The van der Waals surface area contributed by atoms with Crippen LogP contribution in [0.2, 0.25) is 0 Å². The van der Waals surface area contributed by atoms with Gasteiger partial charge in [-0.2, -0.15) is 5.10 Å². The summed E-state index contributed by atoms with van der Waals surface area (Å²) in [6.07, 6.45) is 0. The van der Waals surface area contributed by atoms with Gasteiger partial charge in [0, 0.05) is 37.4 Å². The molecule has 208 valence electrons. The van der Waals surface area contributed by atoms with Crippen LogP contribution in [0.25, 0.3) is 10.2 Å². The molecule has 0 radical (unpaired) electrons. The first-order valence-corrected chi connectivity index (χ1v) is 14.4. The van der Waals surface area contributed by atoms with Crippen molar-refractivity contribution in [1.29, 1.82) is 0 Å². The molecule has 0 unspecified atom stereocenters. The molecule has 1 saturated heterocycles. The SMILES string of the molecule is CN1CCN(c2ccc(C(=O)Nc3[nH]nc4sc(C(=O)NN(Cc5ccccc5)c5ccccc5)cc34)cc2)CC1. The van der Waals surface area contributed by atoms with E-state index >= 15 is 0 Å². The number of amides is 2. The highest BCUT2D eigenvalue weighted by atomic mass is 32.1. The molecular formula is C31H31N7O2S. The number of aromatic amines is 1. The predicted octanol–water partition coefficient (Wildman–Crippen LogP) is 4.98. The van der Waals surface area contributed by atoms with Gasteiger partial charge in [0.05, 0.1) is 22.5 Å². The van der Waals surface area contributed by atoms with Gasteiger partial charge < -0.3 is 15.1 Å². The standard InChI is InChI=1S/C31H31N7O2S/c1-36-16-18-37(19-17-36)24-14-12-23(13-15-24)29(39)32-28-26-20-27(41-31(26)34-33-28)30(40)35-38(25-10-6-3-7-11-25)21-22-8-4-2-5-9-22/h2-15,20H,16-19,21H2,1H3,(H,35,40)(H2,32,33,34,39). The summed E-state index contributed by atoms with van der Waals surface area (Å²) in [6.45, 7) is 4.50. The van der Waals surface area contributed by atoms with Crippen LogP contribution < -0.4 is 20.7 Å². The molecule has 0 bridgehead atoms. The Hall–Kier alpha value is -4.67. The number of aromatic nitrogens is 2. The first-order valence-electron chi connectivity index (χ1n) is 13.5. The quantitative estimate of drug-likeness (QED) is 0.230. The van der Waals surface area contributed by atoms with Crippen LogP contribution in [-0.4, -0.2) is 60.1 Å².